The zero-order valence-electron chi connectivity index (χ0n) is 15.5. The molecule has 2 aromatic rings. The predicted octanol–water partition coefficient (Wildman–Crippen LogP) is 3.34. The Balaban J connectivity index is 2.10. The molecular weight excluding hydrogens is 332 g/mol. The Labute approximate surface area is 153 Å². The summed E-state index contributed by atoms with van der Waals surface area (Å²) in [7, 11) is 3.08. The number of rotatable bonds is 7. The third-order valence-electron chi connectivity index (χ3n) is 3.73. The average Bonchev–Trinajstić information content (AvgIpc) is 2.66. The largest absolute Gasteiger partial charge is 0.497 e. The van der Waals surface area contributed by atoms with Crippen LogP contribution in [0.15, 0.2) is 42.5 Å². The van der Waals surface area contributed by atoms with Gasteiger partial charge >= 0.3 is 0 Å². The number of anilines is 1. The highest BCUT2D eigenvalue weighted by atomic mass is 16.5. The van der Waals surface area contributed by atoms with Gasteiger partial charge in [-0.15, -0.1) is 0 Å². The summed E-state index contributed by atoms with van der Waals surface area (Å²) in [6, 6.07) is 11.7. The molecule has 0 unspecified atom stereocenters. The van der Waals surface area contributed by atoms with E-state index in [-0.39, 0.29) is 11.8 Å². The molecule has 2 rings (SSSR count). The van der Waals surface area contributed by atoms with Gasteiger partial charge in [0.05, 0.1) is 19.9 Å². The first kappa shape index (κ1) is 19.3. The van der Waals surface area contributed by atoms with Crippen molar-refractivity contribution in [3.63, 3.8) is 0 Å². The van der Waals surface area contributed by atoms with Crippen LogP contribution in [0.5, 0.6) is 11.5 Å². The van der Waals surface area contributed by atoms with E-state index in [1.165, 1.54) is 7.11 Å². The molecule has 0 radical (unpaired) electrons. The number of methoxy groups -OCH3 is 2. The smallest absolute Gasteiger partial charge is 0.255 e. The van der Waals surface area contributed by atoms with Crippen LogP contribution in [-0.4, -0.2) is 32.6 Å². The Morgan fingerprint density at radius 2 is 1.54 bits per heavy atom. The van der Waals surface area contributed by atoms with Crippen LogP contribution in [0.4, 0.5) is 5.69 Å². The van der Waals surface area contributed by atoms with Crippen molar-refractivity contribution < 1.29 is 19.1 Å². The summed E-state index contributed by atoms with van der Waals surface area (Å²) in [5.41, 5.74) is 1.46. The van der Waals surface area contributed by atoms with Crippen LogP contribution in [0.25, 0.3) is 0 Å². The SMILES string of the molecule is COc1ccc(OC)c(NC(=O)c2ccc(C(=O)NCC(C)C)cc2)c1. The van der Waals surface area contributed by atoms with Crippen LogP contribution in [-0.2, 0) is 0 Å². The monoisotopic (exact) mass is 356 g/mol. The lowest BCUT2D eigenvalue weighted by atomic mass is 10.1. The van der Waals surface area contributed by atoms with Crippen molar-refractivity contribution in [2.45, 2.75) is 13.8 Å². The highest BCUT2D eigenvalue weighted by molar-refractivity contribution is 6.05. The summed E-state index contributed by atoms with van der Waals surface area (Å²) in [5, 5.41) is 5.64. The van der Waals surface area contributed by atoms with Crippen molar-refractivity contribution in [1.29, 1.82) is 0 Å². The topological polar surface area (TPSA) is 76.7 Å². The van der Waals surface area contributed by atoms with Gasteiger partial charge in [0.2, 0.25) is 0 Å². The van der Waals surface area contributed by atoms with E-state index in [0.717, 1.165) is 0 Å². The number of nitrogens with one attached hydrogen (secondary N) is 2. The molecule has 0 aromatic heterocycles. The maximum atomic E-state index is 12.5. The molecule has 26 heavy (non-hydrogen) atoms. The Bertz CT molecular complexity index is 770. The van der Waals surface area contributed by atoms with E-state index in [1.807, 2.05) is 13.8 Å². The highest BCUT2D eigenvalue weighted by Crippen LogP contribution is 2.29. The lowest BCUT2D eigenvalue weighted by Crippen LogP contribution is -2.27. The summed E-state index contributed by atoms with van der Waals surface area (Å²) in [6.45, 7) is 4.66. The second-order valence-electron chi connectivity index (χ2n) is 6.20. The van der Waals surface area contributed by atoms with Crippen molar-refractivity contribution in [3.05, 3.63) is 53.6 Å². The predicted molar refractivity (Wildman–Crippen MR) is 101 cm³/mol. The van der Waals surface area contributed by atoms with Crippen molar-refractivity contribution >= 4 is 17.5 Å². The van der Waals surface area contributed by atoms with Crippen LogP contribution in [0.1, 0.15) is 34.6 Å². The van der Waals surface area contributed by atoms with E-state index in [2.05, 4.69) is 10.6 Å². The molecule has 0 fully saturated rings. The first-order chi connectivity index (χ1) is 12.4. The van der Waals surface area contributed by atoms with E-state index in [9.17, 15) is 9.59 Å². The second-order valence-corrected chi connectivity index (χ2v) is 6.20. The maximum Gasteiger partial charge on any atom is 0.255 e. The summed E-state index contributed by atoms with van der Waals surface area (Å²) < 4.78 is 10.4. The lowest BCUT2D eigenvalue weighted by molar-refractivity contribution is 0.0947. The molecule has 6 nitrogen and oxygen atoms in total. The second kappa shape index (κ2) is 8.89. The fourth-order valence-electron chi connectivity index (χ4n) is 2.28. The molecule has 0 aliphatic rings. The molecule has 0 bridgehead atoms. The molecule has 0 saturated carbocycles. The van der Waals surface area contributed by atoms with Gasteiger partial charge in [0.1, 0.15) is 11.5 Å². The third-order valence-corrected chi connectivity index (χ3v) is 3.73. The van der Waals surface area contributed by atoms with Crippen LogP contribution >= 0.6 is 0 Å². The summed E-state index contributed by atoms with van der Waals surface area (Å²) in [5.74, 6) is 1.06. The number of carbonyl (C=O) groups is 2. The fraction of sp³-hybridized carbons (Fsp3) is 0.300. The molecule has 2 amide bonds. The molecule has 0 atom stereocenters. The van der Waals surface area contributed by atoms with E-state index < -0.39 is 0 Å². The molecular formula is C20H24N2O4. The third kappa shape index (κ3) is 4.99. The van der Waals surface area contributed by atoms with Crippen LogP contribution in [0, 0.1) is 5.92 Å². The van der Waals surface area contributed by atoms with Crippen LogP contribution < -0.4 is 20.1 Å². The van der Waals surface area contributed by atoms with Crippen molar-refractivity contribution in [1.82, 2.24) is 5.32 Å². The quantitative estimate of drug-likeness (QED) is 0.798. The number of ether oxygens (including phenoxy) is 2. The number of benzene rings is 2. The number of carbonyl (C=O) groups excluding carboxylic acids is 2. The van der Waals surface area contributed by atoms with Crippen LogP contribution in [0.2, 0.25) is 0 Å². The standard InChI is InChI=1S/C20H24N2O4/c1-13(2)12-21-19(23)14-5-7-15(8-6-14)20(24)22-17-11-16(25-3)9-10-18(17)26-4/h5-11,13H,12H2,1-4H3,(H,21,23)(H,22,24). The molecule has 0 spiro atoms. The molecule has 2 aromatic carbocycles. The first-order valence-corrected chi connectivity index (χ1v) is 8.36. The van der Waals surface area contributed by atoms with Gasteiger partial charge in [0.15, 0.2) is 0 Å². The van der Waals surface area contributed by atoms with Gasteiger partial charge in [0.25, 0.3) is 11.8 Å². The number of hydrogen-bond acceptors (Lipinski definition) is 4. The molecule has 0 aliphatic heterocycles. The van der Waals surface area contributed by atoms with E-state index >= 15 is 0 Å². The minimum Gasteiger partial charge on any atom is -0.497 e. The average molecular weight is 356 g/mol. The van der Waals surface area contributed by atoms with Crippen LogP contribution in [0.3, 0.4) is 0 Å². The normalized spacial score (nSPS) is 10.3. The van der Waals surface area contributed by atoms with Gasteiger partial charge in [-0.1, -0.05) is 13.8 Å². The van der Waals surface area contributed by atoms with Crippen molar-refractivity contribution in [2.75, 3.05) is 26.1 Å². The summed E-state index contributed by atoms with van der Waals surface area (Å²) in [4.78, 5) is 24.5. The van der Waals surface area contributed by atoms with Gasteiger partial charge in [-0.05, 0) is 42.3 Å². The molecule has 0 saturated heterocycles. The van der Waals surface area contributed by atoms with Gasteiger partial charge in [-0.2, -0.15) is 0 Å². The van der Waals surface area contributed by atoms with E-state index in [1.54, 1.807) is 49.6 Å². The summed E-state index contributed by atoms with van der Waals surface area (Å²) in [6.07, 6.45) is 0. The van der Waals surface area contributed by atoms with Gasteiger partial charge < -0.3 is 20.1 Å². The van der Waals surface area contributed by atoms with Gasteiger partial charge in [-0.3, -0.25) is 9.59 Å². The molecule has 0 aliphatic carbocycles. The zero-order valence-corrected chi connectivity index (χ0v) is 15.5. The zero-order chi connectivity index (χ0) is 19.1. The summed E-state index contributed by atoms with van der Waals surface area (Å²) >= 11 is 0. The molecule has 138 valence electrons. The minimum absolute atomic E-state index is 0.153. The molecule has 2 N–H and O–H groups in total. The first-order valence-electron chi connectivity index (χ1n) is 8.36. The minimum atomic E-state index is -0.300. The van der Waals surface area contributed by atoms with Gasteiger partial charge in [0, 0.05) is 23.7 Å². The molecule has 6 heteroatoms. The Hall–Kier alpha value is -3.02. The van der Waals surface area contributed by atoms with Crippen molar-refractivity contribution in [2.24, 2.45) is 5.92 Å². The fourth-order valence-corrected chi connectivity index (χ4v) is 2.28. The number of hydrogen-bond donors (Lipinski definition) is 2. The van der Waals surface area contributed by atoms with E-state index in [0.29, 0.717) is 40.8 Å². The lowest BCUT2D eigenvalue weighted by Gasteiger charge is -2.12. The Kier molecular flexibility index (Phi) is 6.60. The Morgan fingerprint density at radius 3 is 2.08 bits per heavy atom. The van der Waals surface area contributed by atoms with E-state index in [4.69, 9.17) is 9.47 Å². The van der Waals surface area contributed by atoms with Crippen molar-refractivity contribution in [3.8, 4) is 11.5 Å². The highest BCUT2D eigenvalue weighted by Gasteiger charge is 2.12. The van der Waals surface area contributed by atoms with Gasteiger partial charge in [-0.25, -0.2) is 0 Å². The number of amides is 2. The maximum absolute atomic E-state index is 12.5. The molecule has 0 heterocycles. The Morgan fingerprint density at radius 1 is 0.923 bits per heavy atom.